The van der Waals surface area contributed by atoms with Gasteiger partial charge in [0.25, 0.3) is 0 Å². The molecule has 2 rings (SSSR count). The van der Waals surface area contributed by atoms with Crippen molar-refractivity contribution >= 4 is 35.7 Å². The molecule has 0 spiro atoms. The molecule has 2 aromatic rings. The monoisotopic (exact) mass is 382 g/mol. The summed E-state index contributed by atoms with van der Waals surface area (Å²) in [7, 11) is 3.25. The number of methoxy groups -OCH3 is 2. The van der Waals surface area contributed by atoms with E-state index in [-0.39, 0.29) is 0 Å². The Labute approximate surface area is 166 Å². The molecule has 1 heterocycles. The first-order valence-electron chi connectivity index (χ1n) is 8.57. The van der Waals surface area contributed by atoms with Crippen LogP contribution in [0, 0.1) is 0 Å². The maximum atomic E-state index is 5.38. The Morgan fingerprint density at radius 1 is 1.19 bits per heavy atom. The lowest BCUT2D eigenvalue weighted by Crippen LogP contribution is -2.26. The fourth-order valence-corrected chi connectivity index (χ4v) is 2.99. The van der Waals surface area contributed by atoms with Gasteiger partial charge in [0.1, 0.15) is 0 Å². The number of rotatable bonds is 7. The number of allylic oxidation sites excluding steroid dienone is 4. The number of aromatic amines is 1. The van der Waals surface area contributed by atoms with Gasteiger partial charge in [-0.25, -0.2) is 0 Å². The van der Waals surface area contributed by atoms with E-state index in [4.69, 9.17) is 9.47 Å². The molecule has 27 heavy (non-hydrogen) atoms. The third-order valence-electron chi connectivity index (χ3n) is 4.05. The minimum Gasteiger partial charge on any atom is -0.493 e. The Hall–Kier alpha value is -2.79. The molecule has 0 unspecified atom stereocenters. The quantitative estimate of drug-likeness (QED) is 0.499. The number of anilines is 1. The van der Waals surface area contributed by atoms with Crippen LogP contribution in [-0.2, 0) is 0 Å². The van der Waals surface area contributed by atoms with Gasteiger partial charge in [-0.3, -0.25) is 0 Å². The molecule has 2 N–H and O–H groups in total. The number of ether oxygens (including phenoxy) is 2. The van der Waals surface area contributed by atoms with Crippen LogP contribution in [-0.4, -0.2) is 19.2 Å². The maximum absolute atomic E-state index is 5.38. The first-order chi connectivity index (χ1) is 13.1. The molecular formula is C22H26N2O2S. The van der Waals surface area contributed by atoms with E-state index in [1.165, 1.54) is 0 Å². The van der Waals surface area contributed by atoms with Gasteiger partial charge in [0.05, 0.1) is 14.2 Å². The second-order valence-electron chi connectivity index (χ2n) is 5.82. The van der Waals surface area contributed by atoms with E-state index in [0.717, 1.165) is 33.2 Å². The molecule has 0 aliphatic heterocycles. The molecule has 0 radical (unpaired) electrons. The zero-order chi connectivity index (χ0) is 19.8. The number of aromatic nitrogens is 1. The minimum absolute atomic E-state index is 0.677. The predicted octanol–water partition coefficient (Wildman–Crippen LogP) is 4.09. The average Bonchev–Trinajstić information content (AvgIpc) is 3.10. The van der Waals surface area contributed by atoms with E-state index in [0.29, 0.717) is 11.5 Å². The van der Waals surface area contributed by atoms with Crippen LogP contribution in [0.25, 0.3) is 17.3 Å². The number of nitrogens with one attached hydrogen (secondary N) is 2. The van der Waals surface area contributed by atoms with Crippen molar-refractivity contribution in [1.82, 2.24) is 4.98 Å². The topological polar surface area (TPSA) is 46.3 Å². The van der Waals surface area contributed by atoms with Crippen LogP contribution >= 0.6 is 12.6 Å². The molecule has 0 saturated heterocycles. The second-order valence-corrected chi connectivity index (χ2v) is 6.08. The summed E-state index contributed by atoms with van der Waals surface area (Å²) in [6, 6.07) is 7.84. The van der Waals surface area contributed by atoms with Crippen molar-refractivity contribution < 1.29 is 9.47 Å². The summed E-state index contributed by atoms with van der Waals surface area (Å²) >= 11 is 4.32. The van der Waals surface area contributed by atoms with Crippen LogP contribution in [0.2, 0.25) is 0 Å². The molecule has 1 aromatic carbocycles. The zero-order valence-corrected chi connectivity index (χ0v) is 17.1. The zero-order valence-electron chi connectivity index (χ0n) is 16.2. The largest absolute Gasteiger partial charge is 0.493 e. The molecule has 1 aromatic heterocycles. The van der Waals surface area contributed by atoms with Crippen LogP contribution in [0.15, 0.2) is 54.5 Å². The molecule has 0 amide bonds. The molecule has 142 valence electrons. The van der Waals surface area contributed by atoms with Gasteiger partial charge in [-0.1, -0.05) is 24.8 Å². The highest BCUT2D eigenvalue weighted by atomic mass is 32.1. The van der Waals surface area contributed by atoms with Crippen LogP contribution in [0.4, 0.5) is 5.69 Å². The fourth-order valence-electron chi connectivity index (χ4n) is 2.77. The molecule has 0 aliphatic carbocycles. The number of thiol groups is 1. The van der Waals surface area contributed by atoms with Crippen molar-refractivity contribution in [3.8, 4) is 11.5 Å². The molecule has 0 atom stereocenters. The summed E-state index contributed by atoms with van der Waals surface area (Å²) in [6.07, 6.45) is 7.71. The molecular weight excluding hydrogens is 356 g/mol. The predicted molar refractivity (Wildman–Crippen MR) is 119 cm³/mol. The first kappa shape index (κ1) is 20.5. The smallest absolute Gasteiger partial charge is 0.162 e. The van der Waals surface area contributed by atoms with Crippen LogP contribution in [0.1, 0.15) is 19.5 Å². The van der Waals surface area contributed by atoms with E-state index in [9.17, 15) is 0 Å². The van der Waals surface area contributed by atoms with E-state index in [1.807, 2.05) is 50.3 Å². The minimum atomic E-state index is 0.677. The normalized spacial score (nSPS) is 13.7. The third-order valence-corrected chi connectivity index (χ3v) is 4.33. The van der Waals surface area contributed by atoms with Crippen molar-refractivity contribution in [3.05, 3.63) is 70.7 Å². The molecule has 0 aliphatic rings. The lowest BCUT2D eigenvalue weighted by Gasteiger charge is -2.11. The molecule has 0 bridgehead atoms. The summed E-state index contributed by atoms with van der Waals surface area (Å²) < 4.78 is 10.7. The van der Waals surface area contributed by atoms with Crippen LogP contribution in [0.5, 0.6) is 11.5 Å². The van der Waals surface area contributed by atoms with Crippen molar-refractivity contribution in [1.29, 1.82) is 0 Å². The van der Waals surface area contributed by atoms with E-state index in [2.05, 4.69) is 35.6 Å². The van der Waals surface area contributed by atoms with Crippen LogP contribution < -0.4 is 25.4 Å². The van der Waals surface area contributed by atoms with Gasteiger partial charge in [-0.15, -0.1) is 0 Å². The summed E-state index contributed by atoms with van der Waals surface area (Å²) in [5, 5.41) is 7.25. The SMILES string of the molecule is C=C/C=c1/[nH]c(C(/C=C\C)=C/S)c/c1=C(/C)Nc1ccc(OC)c(OC)c1. The van der Waals surface area contributed by atoms with E-state index in [1.54, 1.807) is 25.7 Å². The first-order valence-corrected chi connectivity index (χ1v) is 9.08. The van der Waals surface area contributed by atoms with Gasteiger partial charge in [0, 0.05) is 39.3 Å². The summed E-state index contributed by atoms with van der Waals surface area (Å²) in [6.45, 7) is 7.83. The van der Waals surface area contributed by atoms with Gasteiger partial charge < -0.3 is 19.8 Å². The van der Waals surface area contributed by atoms with Gasteiger partial charge in [0.15, 0.2) is 11.5 Å². The second kappa shape index (κ2) is 9.78. The summed E-state index contributed by atoms with van der Waals surface area (Å²) in [5.41, 5.74) is 3.90. The third kappa shape index (κ3) is 4.89. The van der Waals surface area contributed by atoms with Gasteiger partial charge in [-0.2, -0.15) is 12.6 Å². The highest BCUT2D eigenvalue weighted by Gasteiger charge is 2.06. The van der Waals surface area contributed by atoms with Crippen LogP contribution in [0.3, 0.4) is 0 Å². The van der Waals surface area contributed by atoms with E-state index < -0.39 is 0 Å². The number of H-pyrrole nitrogens is 1. The maximum Gasteiger partial charge on any atom is 0.162 e. The van der Waals surface area contributed by atoms with Gasteiger partial charge in [0.2, 0.25) is 0 Å². The van der Waals surface area contributed by atoms with Crippen molar-refractivity contribution in [2.75, 3.05) is 19.5 Å². The van der Waals surface area contributed by atoms with E-state index >= 15 is 0 Å². The summed E-state index contributed by atoms with van der Waals surface area (Å²) in [4.78, 5) is 3.43. The van der Waals surface area contributed by atoms with Gasteiger partial charge >= 0.3 is 0 Å². The average molecular weight is 383 g/mol. The fraction of sp³-hybridized carbons (Fsp3) is 0.182. The van der Waals surface area contributed by atoms with Crippen molar-refractivity contribution in [2.45, 2.75) is 13.8 Å². The molecule has 0 saturated carbocycles. The summed E-state index contributed by atoms with van der Waals surface area (Å²) in [5.74, 6) is 1.37. The highest BCUT2D eigenvalue weighted by molar-refractivity contribution is 7.83. The molecule has 0 fully saturated rings. The molecule has 5 heteroatoms. The number of hydrogen-bond donors (Lipinski definition) is 3. The standard InChI is InChI=1S/C22H26N2O2S/c1-6-8-16(14-27)20-13-18(19(24-20)9-7-2)15(3)23-17-10-11-21(25-4)22(12-17)26-5/h6-14,23-24,27H,2H2,1,3-5H3/b8-6-,16-14+,18-15+,19-9+. The number of benzene rings is 1. The van der Waals surface area contributed by atoms with Gasteiger partial charge in [-0.05, 0) is 43.5 Å². The highest BCUT2D eigenvalue weighted by Crippen LogP contribution is 2.30. The Morgan fingerprint density at radius 3 is 2.52 bits per heavy atom. The lowest BCUT2D eigenvalue weighted by atomic mass is 10.2. The van der Waals surface area contributed by atoms with Crippen molar-refractivity contribution in [3.63, 3.8) is 0 Å². The molecule has 4 nitrogen and oxygen atoms in total. The Bertz CT molecular complexity index is 984. The lowest BCUT2D eigenvalue weighted by molar-refractivity contribution is 0.355. The Morgan fingerprint density at radius 2 is 1.93 bits per heavy atom. The Balaban J connectivity index is 2.54. The Kier molecular flexibility index (Phi) is 7.44. The number of hydrogen-bond acceptors (Lipinski definition) is 4. The van der Waals surface area contributed by atoms with Crippen molar-refractivity contribution in [2.24, 2.45) is 0 Å².